The second-order valence-corrected chi connectivity index (χ2v) is 25.9. The number of carbonyl (C=O) groups excluding carboxylic acids is 3. The Morgan fingerprint density at radius 3 is 0.917 bits per heavy atom. The van der Waals surface area contributed by atoms with E-state index >= 15 is 0 Å². The van der Waals surface area contributed by atoms with E-state index in [4.69, 9.17) is 23.3 Å². The Bertz CT molecular complexity index is 1550. The van der Waals surface area contributed by atoms with Crippen LogP contribution in [0.25, 0.3) is 0 Å². The van der Waals surface area contributed by atoms with E-state index in [0.717, 1.165) is 70.6 Å². The normalized spacial score (nSPS) is 13.3. The Hall–Kier alpha value is -2.30. The lowest BCUT2D eigenvalue weighted by Crippen LogP contribution is -2.30. The van der Waals surface area contributed by atoms with Crippen LogP contribution >= 0.6 is 7.82 Å². The van der Waals surface area contributed by atoms with Gasteiger partial charge in [0, 0.05) is 19.3 Å². The van der Waals surface area contributed by atoms with Crippen LogP contribution in [0.4, 0.5) is 0 Å². The number of unbranched alkanes of at least 4 members (excludes halogenated alkanes) is 45. The van der Waals surface area contributed by atoms with Crippen LogP contribution in [0, 0.1) is 0 Å². The Morgan fingerprint density at radius 1 is 0.333 bits per heavy atom. The Morgan fingerprint density at radius 2 is 0.583 bits per heavy atom. The van der Waals surface area contributed by atoms with Crippen molar-refractivity contribution < 1.29 is 52.2 Å². The zero-order valence-corrected chi connectivity index (χ0v) is 56.0. The van der Waals surface area contributed by atoms with Crippen molar-refractivity contribution in [1.29, 1.82) is 0 Å². The maximum atomic E-state index is 13.0. The van der Waals surface area contributed by atoms with Crippen molar-refractivity contribution in [2.24, 2.45) is 0 Å². The Labute approximate surface area is 518 Å². The molecule has 0 aliphatic rings. The van der Waals surface area contributed by atoms with Crippen molar-refractivity contribution in [3.63, 3.8) is 0 Å². The summed E-state index contributed by atoms with van der Waals surface area (Å²) in [6, 6.07) is 0. The average Bonchev–Trinajstić information content (AvgIpc) is 3.55. The number of ether oxygens (including phenoxy) is 3. The highest BCUT2D eigenvalue weighted by molar-refractivity contribution is 7.47. The predicted molar refractivity (Wildman–Crippen MR) is 353 cm³/mol. The molecular weight excluding hydrogens is 1070 g/mol. The maximum absolute atomic E-state index is 13.0. The first-order chi connectivity index (χ1) is 41.2. The lowest BCUT2D eigenvalue weighted by Gasteiger charge is -2.21. The molecular formula is C72H135O11P. The fourth-order valence-electron chi connectivity index (χ4n) is 10.6. The van der Waals surface area contributed by atoms with Crippen LogP contribution in [0.1, 0.15) is 367 Å². The molecule has 0 rings (SSSR count). The monoisotopic (exact) mass is 1210 g/mol. The van der Waals surface area contributed by atoms with Gasteiger partial charge in [0.25, 0.3) is 0 Å². The summed E-state index contributed by atoms with van der Waals surface area (Å²) in [5.41, 5.74) is 0. The molecule has 0 aromatic rings. The zero-order valence-electron chi connectivity index (χ0n) is 55.1. The molecule has 0 aromatic carbocycles. The van der Waals surface area contributed by atoms with Crippen molar-refractivity contribution in [2.75, 3.05) is 26.4 Å². The van der Waals surface area contributed by atoms with Crippen LogP contribution in [0.5, 0.6) is 0 Å². The smallest absolute Gasteiger partial charge is 0.462 e. The van der Waals surface area contributed by atoms with Gasteiger partial charge < -0.3 is 24.2 Å². The summed E-state index contributed by atoms with van der Waals surface area (Å²) in [6.45, 7) is 4.71. The standard InChI is InChI=1S/C72H135O11P/c1-4-7-10-13-16-19-22-25-28-31-34-37-40-43-46-49-52-55-58-61-70(74)79-65-69(83-72(76)63-60-57-54-51-48-45-42-39-36-33-30-27-24-21-18-15-12-9-6-3)67-81-84(77,78)80-66-68(64-73)82-71(75)62-59-56-53-50-47-44-41-38-35-32-29-26-23-20-17-14-11-8-5-2/h16,19,25,27-28,30,68-69,73H,4-15,17-18,20-24,26,29,31-67H2,1-3H3,(H,77,78)/b19-16-,28-25-,30-27-. The highest BCUT2D eigenvalue weighted by Crippen LogP contribution is 2.43. The fourth-order valence-corrected chi connectivity index (χ4v) is 11.3. The average molecular weight is 1210 g/mol. The maximum Gasteiger partial charge on any atom is 0.472 e. The van der Waals surface area contributed by atoms with E-state index in [9.17, 15) is 28.9 Å². The van der Waals surface area contributed by atoms with Gasteiger partial charge in [-0.2, -0.15) is 0 Å². The van der Waals surface area contributed by atoms with Gasteiger partial charge in [0.1, 0.15) is 12.7 Å². The van der Waals surface area contributed by atoms with Gasteiger partial charge in [0.15, 0.2) is 6.10 Å². The third-order valence-electron chi connectivity index (χ3n) is 16.0. The van der Waals surface area contributed by atoms with Crippen molar-refractivity contribution in [2.45, 2.75) is 380 Å². The number of hydrogen-bond donors (Lipinski definition) is 2. The number of esters is 3. The van der Waals surface area contributed by atoms with Gasteiger partial charge in [-0.15, -0.1) is 0 Å². The number of aliphatic hydroxyl groups is 1. The molecule has 0 amide bonds. The summed E-state index contributed by atoms with van der Waals surface area (Å²) >= 11 is 0. The highest BCUT2D eigenvalue weighted by atomic mass is 31.2. The van der Waals surface area contributed by atoms with E-state index in [1.54, 1.807) is 0 Å². The topological polar surface area (TPSA) is 155 Å². The van der Waals surface area contributed by atoms with Crippen LogP contribution in [0.15, 0.2) is 36.5 Å². The molecule has 3 atom stereocenters. The van der Waals surface area contributed by atoms with Crippen LogP contribution in [-0.2, 0) is 42.2 Å². The third kappa shape index (κ3) is 64.2. The summed E-state index contributed by atoms with van der Waals surface area (Å²) in [5, 5.41) is 9.89. The summed E-state index contributed by atoms with van der Waals surface area (Å²) in [4.78, 5) is 48.9. The van der Waals surface area contributed by atoms with Gasteiger partial charge in [-0.05, 0) is 77.0 Å². The van der Waals surface area contributed by atoms with Crippen LogP contribution in [0.2, 0.25) is 0 Å². The molecule has 11 nitrogen and oxygen atoms in total. The Kier molecular flexibility index (Phi) is 64.8. The van der Waals surface area contributed by atoms with Crippen molar-refractivity contribution in [3.8, 4) is 0 Å². The second-order valence-electron chi connectivity index (χ2n) is 24.4. The van der Waals surface area contributed by atoms with Crippen LogP contribution in [0.3, 0.4) is 0 Å². The first-order valence-corrected chi connectivity index (χ1v) is 37.4. The quantitative estimate of drug-likeness (QED) is 0.0197. The van der Waals surface area contributed by atoms with E-state index in [-0.39, 0.29) is 25.9 Å². The van der Waals surface area contributed by atoms with Crippen LogP contribution < -0.4 is 0 Å². The largest absolute Gasteiger partial charge is 0.472 e. The summed E-state index contributed by atoms with van der Waals surface area (Å²) in [6.07, 6.45) is 73.8. The number of hydrogen-bond acceptors (Lipinski definition) is 10. The van der Waals surface area contributed by atoms with Gasteiger partial charge in [0.2, 0.25) is 0 Å². The first kappa shape index (κ1) is 81.7. The SMILES string of the molecule is CCCCC/C=C\C/C=C\CCCCCCCCCCCC(=O)OCC(COP(=O)(O)OCC(CO)OC(=O)CCCCCCCCCCCCCCCCCCCCC)OC(=O)CCCCCCCCCCC/C=C\CCCCCCCC. The molecule has 0 aromatic heterocycles. The molecule has 0 bridgehead atoms. The molecule has 12 heteroatoms. The molecule has 0 saturated heterocycles. The molecule has 0 aliphatic carbocycles. The molecule has 494 valence electrons. The number of allylic oxidation sites excluding steroid dienone is 6. The molecule has 0 radical (unpaired) electrons. The van der Waals surface area contributed by atoms with E-state index in [1.165, 1.54) is 238 Å². The van der Waals surface area contributed by atoms with Crippen LogP contribution in [-0.4, -0.2) is 66.5 Å². The highest BCUT2D eigenvalue weighted by Gasteiger charge is 2.28. The third-order valence-corrected chi connectivity index (χ3v) is 17.0. The predicted octanol–water partition coefficient (Wildman–Crippen LogP) is 22.3. The summed E-state index contributed by atoms with van der Waals surface area (Å²) in [7, 11) is -4.75. The van der Waals surface area contributed by atoms with Crippen molar-refractivity contribution in [1.82, 2.24) is 0 Å². The zero-order chi connectivity index (χ0) is 61.2. The molecule has 3 unspecified atom stereocenters. The molecule has 0 aliphatic heterocycles. The minimum atomic E-state index is -4.75. The number of carbonyl (C=O) groups is 3. The lowest BCUT2D eigenvalue weighted by molar-refractivity contribution is -0.161. The molecule has 2 N–H and O–H groups in total. The van der Waals surface area contributed by atoms with Gasteiger partial charge in [-0.25, -0.2) is 4.57 Å². The lowest BCUT2D eigenvalue weighted by atomic mass is 10.0. The second kappa shape index (κ2) is 66.6. The molecule has 84 heavy (non-hydrogen) atoms. The van der Waals surface area contributed by atoms with E-state index in [1.807, 2.05) is 0 Å². The number of rotatable bonds is 68. The van der Waals surface area contributed by atoms with E-state index < -0.39 is 57.8 Å². The molecule has 0 saturated carbocycles. The van der Waals surface area contributed by atoms with Crippen molar-refractivity contribution >= 4 is 25.7 Å². The summed E-state index contributed by atoms with van der Waals surface area (Å²) in [5.74, 6) is -1.44. The number of phosphoric acid groups is 1. The van der Waals surface area contributed by atoms with E-state index in [2.05, 4.69) is 57.2 Å². The van der Waals surface area contributed by atoms with Crippen molar-refractivity contribution in [3.05, 3.63) is 36.5 Å². The first-order valence-electron chi connectivity index (χ1n) is 35.9. The Balaban J connectivity index is 4.63. The van der Waals surface area contributed by atoms with Gasteiger partial charge in [-0.3, -0.25) is 23.4 Å². The minimum Gasteiger partial charge on any atom is -0.462 e. The molecule has 0 fully saturated rings. The minimum absolute atomic E-state index is 0.169. The summed E-state index contributed by atoms with van der Waals surface area (Å²) < 4.78 is 39.9. The van der Waals surface area contributed by atoms with Gasteiger partial charge >= 0.3 is 25.7 Å². The molecule has 0 heterocycles. The fraction of sp³-hybridized carbons (Fsp3) is 0.875. The van der Waals surface area contributed by atoms with Gasteiger partial charge in [-0.1, -0.05) is 308 Å². The molecule has 0 spiro atoms. The number of phosphoric ester groups is 1. The number of aliphatic hydroxyl groups excluding tert-OH is 1. The van der Waals surface area contributed by atoms with E-state index in [0.29, 0.717) is 19.3 Å². The van der Waals surface area contributed by atoms with Gasteiger partial charge in [0.05, 0.1) is 19.8 Å².